The molecule has 0 saturated carbocycles. The van der Waals surface area contributed by atoms with Crippen molar-refractivity contribution >= 4 is 64.2 Å². The highest BCUT2D eigenvalue weighted by molar-refractivity contribution is 8.00. The summed E-state index contributed by atoms with van der Waals surface area (Å²) in [6.07, 6.45) is 2.68. The van der Waals surface area contributed by atoms with Gasteiger partial charge in [-0.2, -0.15) is 0 Å². The number of β-lactam (4-membered cyclic amide) rings is 1. The standard InChI is InChI=1S/C27H31N7O8S2/c1-15(10-28-26(40)41-27(2,3)4)42-32-18(17-13-44-25(30-17)29-14-35)21(36)31-19-22(37)34-20(24(38)39)16(12-43-23(19)34)11-33-8-6-5-7-9-33/h5-9,13-15,19,23H,10-12H2,1-4H3,(H3-,28,29,30,31,35,36,38,39,40)/p+1/t15?,19?,23-/m1/s1. The molecule has 0 spiro atoms. The van der Waals surface area contributed by atoms with E-state index >= 15 is 0 Å². The maximum Gasteiger partial charge on any atom is 0.407 e. The lowest BCUT2D eigenvalue weighted by atomic mass is 10.0. The molecule has 2 unspecified atom stereocenters. The molecule has 0 bridgehead atoms. The van der Waals surface area contributed by atoms with Crippen LogP contribution in [0.1, 0.15) is 33.4 Å². The number of hydrogen-bond acceptors (Lipinski definition) is 11. The number of aliphatic carboxylic acids is 1. The summed E-state index contributed by atoms with van der Waals surface area (Å²) >= 11 is 2.37. The van der Waals surface area contributed by atoms with Crippen LogP contribution >= 0.6 is 23.1 Å². The largest absolute Gasteiger partial charge is 0.477 e. The third-order valence-corrected chi connectivity index (χ3v) is 8.20. The van der Waals surface area contributed by atoms with Gasteiger partial charge < -0.3 is 30.6 Å². The highest BCUT2D eigenvalue weighted by atomic mass is 32.2. The van der Waals surface area contributed by atoms with Crippen LogP contribution in [0.4, 0.5) is 9.93 Å². The Morgan fingerprint density at radius 2 is 2.00 bits per heavy atom. The first kappa shape index (κ1) is 32.4. The number of rotatable bonds is 12. The molecule has 4 heterocycles. The van der Waals surface area contributed by atoms with E-state index in [1.165, 1.54) is 22.0 Å². The maximum atomic E-state index is 13.4. The lowest BCUT2D eigenvalue weighted by Crippen LogP contribution is -2.71. The van der Waals surface area contributed by atoms with Crippen LogP contribution in [0.3, 0.4) is 0 Å². The first-order chi connectivity index (χ1) is 20.9. The first-order valence-corrected chi connectivity index (χ1v) is 15.3. The summed E-state index contributed by atoms with van der Waals surface area (Å²) < 4.78 is 7.01. The van der Waals surface area contributed by atoms with E-state index in [-0.39, 0.29) is 28.8 Å². The molecule has 3 atom stereocenters. The zero-order valence-electron chi connectivity index (χ0n) is 24.3. The lowest BCUT2D eigenvalue weighted by molar-refractivity contribution is -0.689. The van der Waals surface area contributed by atoms with Crippen LogP contribution in [0.15, 0.2) is 52.4 Å². The molecule has 4 rings (SSSR count). The molecule has 1 fully saturated rings. The predicted octanol–water partition coefficient (Wildman–Crippen LogP) is 1.07. The topological polar surface area (TPSA) is 192 Å². The van der Waals surface area contributed by atoms with Crippen LogP contribution in [0.25, 0.3) is 0 Å². The molecule has 15 nitrogen and oxygen atoms in total. The van der Waals surface area contributed by atoms with Gasteiger partial charge in [-0.3, -0.25) is 19.3 Å². The van der Waals surface area contributed by atoms with Crippen LogP contribution in [-0.2, 0) is 35.3 Å². The molecule has 234 valence electrons. The van der Waals surface area contributed by atoms with Crippen molar-refractivity contribution in [2.24, 2.45) is 5.16 Å². The first-order valence-electron chi connectivity index (χ1n) is 13.4. The summed E-state index contributed by atoms with van der Waals surface area (Å²) in [6.45, 7) is 7.08. The molecular weight excluding hydrogens is 614 g/mol. The second-order valence-electron chi connectivity index (χ2n) is 10.7. The normalized spacial score (nSPS) is 18.9. The number of nitrogens with zero attached hydrogens (tertiary/aromatic N) is 4. The minimum atomic E-state index is -1.23. The Morgan fingerprint density at radius 1 is 1.27 bits per heavy atom. The number of thioether (sulfide) groups is 1. The zero-order chi connectivity index (χ0) is 32.0. The zero-order valence-corrected chi connectivity index (χ0v) is 25.9. The van der Waals surface area contributed by atoms with Gasteiger partial charge in [-0.25, -0.2) is 19.1 Å². The van der Waals surface area contributed by atoms with Gasteiger partial charge in [-0.05, 0) is 27.7 Å². The van der Waals surface area contributed by atoms with E-state index in [0.29, 0.717) is 24.3 Å². The smallest absolute Gasteiger partial charge is 0.407 e. The fourth-order valence-electron chi connectivity index (χ4n) is 4.20. The summed E-state index contributed by atoms with van der Waals surface area (Å²) in [7, 11) is 0. The SMILES string of the molecule is CC(CNC(=O)OC(C)(C)C)ON=C(C(=O)NC1C(=O)N2C(C(=O)O)=C(C[n+]3ccccc3)CS[C@H]12)c1csc(NC=O)n1. The summed E-state index contributed by atoms with van der Waals surface area (Å²) in [5.74, 6) is -2.28. The summed E-state index contributed by atoms with van der Waals surface area (Å²) in [5.41, 5.74) is -0.447. The van der Waals surface area contributed by atoms with E-state index in [4.69, 9.17) is 9.57 Å². The number of carbonyl (C=O) groups is 5. The van der Waals surface area contributed by atoms with Crippen molar-refractivity contribution in [3.63, 3.8) is 0 Å². The third-order valence-electron chi connectivity index (χ3n) is 6.09. The number of fused-ring (bicyclic) bond motifs is 1. The van der Waals surface area contributed by atoms with Crippen molar-refractivity contribution in [3.8, 4) is 0 Å². The molecule has 44 heavy (non-hydrogen) atoms. The number of hydrogen-bond donors (Lipinski definition) is 4. The molecule has 17 heteroatoms. The Bertz CT molecular complexity index is 1490. The molecule has 1 saturated heterocycles. The maximum absolute atomic E-state index is 13.4. The van der Waals surface area contributed by atoms with E-state index in [0.717, 1.165) is 11.3 Å². The predicted molar refractivity (Wildman–Crippen MR) is 159 cm³/mol. The Kier molecular flexibility index (Phi) is 10.2. The Morgan fingerprint density at radius 3 is 2.66 bits per heavy atom. The molecule has 0 radical (unpaired) electrons. The van der Waals surface area contributed by atoms with Crippen LogP contribution < -0.4 is 20.5 Å². The number of ether oxygens (including phenoxy) is 1. The average Bonchev–Trinajstić information content (AvgIpc) is 3.42. The van der Waals surface area contributed by atoms with Gasteiger partial charge in [0.15, 0.2) is 29.8 Å². The lowest BCUT2D eigenvalue weighted by Gasteiger charge is -2.49. The minimum Gasteiger partial charge on any atom is -0.477 e. The quantitative estimate of drug-likeness (QED) is 0.0853. The highest BCUT2D eigenvalue weighted by Crippen LogP contribution is 2.40. The number of carboxylic acid groups (broad SMARTS) is 1. The second-order valence-corrected chi connectivity index (χ2v) is 12.7. The average molecular weight is 647 g/mol. The molecule has 2 aliphatic rings. The van der Waals surface area contributed by atoms with E-state index in [1.54, 1.807) is 40.1 Å². The number of pyridine rings is 1. The van der Waals surface area contributed by atoms with Gasteiger partial charge in [0.2, 0.25) is 6.41 Å². The van der Waals surface area contributed by atoms with Crippen molar-refractivity contribution in [2.45, 2.75) is 57.4 Å². The number of oxime groups is 1. The van der Waals surface area contributed by atoms with Crippen molar-refractivity contribution in [1.82, 2.24) is 20.5 Å². The highest BCUT2D eigenvalue weighted by Gasteiger charge is 2.54. The molecule has 4 amide bonds. The molecule has 4 N–H and O–H groups in total. The van der Waals surface area contributed by atoms with Crippen molar-refractivity contribution in [2.75, 3.05) is 17.6 Å². The van der Waals surface area contributed by atoms with Gasteiger partial charge in [-0.15, -0.1) is 23.1 Å². The van der Waals surface area contributed by atoms with Gasteiger partial charge in [0.1, 0.15) is 34.5 Å². The monoisotopic (exact) mass is 646 g/mol. The number of anilines is 1. The second kappa shape index (κ2) is 13.9. The number of amides is 4. The fraction of sp³-hybridized carbons (Fsp3) is 0.407. The van der Waals surface area contributed by atoms with E-state index in [2.05, 4.69) is 26.1 Å². The number of alkyl carbamates (subject to hydrolysis) is 1. The number of carbonyl (C=O) groups excluding carboxylic acids is 4. The summed E-state index contributed by atoms with van der Waals surface area (Å²) in [6, 6.07) is 4.45. The van der Waals surface area contributed by atoms with Crippen molar-refractivity contribution < 1.29 is 43.2 Å². The van der Waals surface area contributed by atoms with Crippen molar-refractivity contribution in [1.29, 1.82) is 0 Å². The fourth-order valence-corrected chi connectivity index (χ4v) is 6.19. The van der Waals surface area contributed by atoms with E-state index in [9.17, 15) is 29.1 Å². The van der Waals surface area contributed by atoms with Crippen LogP contribution in [-0.4, -0.2) is 86.4 Å². The van der Waals surface area contributed by atoms with Crippen LogP contribution in [0.2, 0.25) is 0 Å². The van der Waals surface area contributed by atoms with E-state index in [1.807, 2.05) is 22.8 Å². The minimum absolute atomic E-state index is 0.00497. The van der Waals surface area contributed by atoms with E-state index < -0.39 is 47.0 Å². The Hall–Kier alpha value is -4.51. The van der Waals surface area contributed by atoms with Gasteiger partial charge >= 0.3 is 12.1 Å². The van der Waals surface area contributed by atoms with Crippen LogP contribution in [0, 0.1) is 0 Å². The molecule has 0 aliphatic carbocycles. The van der Waals surface area contributed by atoms with Gasteiger partial charge in [0.05, 0.1) is 6.54 Å². The summed E-state index contributed by atoms with van der Waals surface area (Å²) in [5, 5.41) is 22.5. The Labute approximate surface area is 260 Å². The molecule has 2 aliphatic heterocycles. The third kappa shape index (κ3) is 7.90. The Balaban J connectivity index is 1.48. The number of nitrogens with one attached hydrogen (secondary N) is 3. The van der Waals surface area contributed by atoms with Crippen molar-refractivity contribution in [3.05, 3.63) is 52.9 Å². The van der Waals surface area contributed by atoms with Crippen LogP contribution in [0.5, 0.6) is 0 Å². The number of thiazole rings is 1. The van der Waals surface area contributed by atoms with Gasteiger partial charge in [0.25, 0.3) is 11.8 Å². The van der Waals surface area contributed by atoms with Gasteiger partial charge in [-0.1, -0.05) is 11.2 Å². The molecule has 0 aromatic carbocycles. The number of carboxylic acids is 1. The van der Waals surface area contributed by atoms with Gasteiger partial charge in [0, 0.05) is 28.8 Å². The molecule has 2 aromatic heterocycles. The summed E-state index contributed by atoms with van der Waals surface area (Å²) in [4.78, 5) is 72.5. The molecule has 2 aromatic rings. The number of aromatic nitrogens is 2. The molecular formula is C27H32N7O8S2+.